The van der Waals surface area contributed by atoms with Crippen molar-refractivity contribution >= 4 is 35.7 Å². The van der Waals surface area contributed by atoms with Crippen LogP contribution in [0.25, 0.3) is 0 Å². The second kappa shape index (κ2) is 9.17. The van der Waals surface area contributed by atoms with E-state index < -0.39 is 35.2 Å². The van der Waals surface area contributed by atoms with Gasteiger partial charge in [-0.05, 0) is 26.3 Å². The van der Waals surface area contributed by atoms with Crippen LogP contribution in [0.4, 0.5) is 4.79 Å². The fourth-order valence-corrected chi connectivity index (χ4v) is 5.29. The predicted octanol–water partition coefficient (Wildman–Crippen LogP) is 1.84. The van der Waals surface area contributed by atoms with Gasteiger partial charge in [0, 0.05) is 11.7 Å². The first kappa shape index (κ1) is 22.9. The molecule has 2 saturated heterocycles. The third-order valence-corrected chi connectivity index (χ3v) is 6.57. The Morgan fingerprint density at radius 2 is 1.87 bits per heavy atom. The van der Waals surface area contributed by atoms with E-state index in [4.69, 9.17) is 9.47 Å². The number of benzene rings is 1. The van der Waals surface area contributed by atoms with Crippen LogP contribution in [0.5, 0.6) is 0 Å². The number of ether oxygens (including phenoxy) is 3. The van der Waals surface area contributed by atoms with Crippen molar-refractivity contribution in [1.29, 1.82) is 0 Å². The molecule has 0 aromatic heterocycles. The van der Waals surface area contributed by atoms with Crippen LogP contribution in [0, 0.1) is 0 Å². The normalized spacial score (nSPS) is 24.5. The van der Waals surface area contributed by atoms with Gasteiger partial charge in [0.05, 0.1) is 13.0 Å². The Morgan fingerprint density at radius 1 is 1.19 bits per heavy atom. The summed E-state index contributed by atoms with van der Waals surface area (Å²) in [6.07, 6.45) is -1.94. The SMILES string of the molecule is CCOC(=O)OC(C)OC(=O)[C@@H]1N2C(=O)[C@@H](NC(=O)Cc3ccccc3)C2SC1(C)C. The molecule has 168 valence electrons. The topological polar surface area (TPSA) is 111 Å². The van der Waals surface area contributed by atoms with Crippen LogP contribution in [0.1, 0.15) is 33.3 Å². The first-order valence-electron chi connectivity index (χ1n) is 10.0. The maximum absolute atomic E-state index is 12.8. The lowest BCUT2D eigenvalue weighted by molar-refractivity contribution is -0.180. The zero-order valence-electron chi connectivity index (χ0n) is 17.8. The van der Waals surface area contributed by atoms with Crippen LogP contribution in [0.2, 0.25) is 0 Å². The highest BCUT2D eigenvalue weighted by Gasteiger charge is 2.64. The number of amides is 2. The van der Waals surface area contributed by atoms with E-state index in [1.807, 2.05) is 44.2 Å². The Hall–Kier alpha value is -2.75. The van der Waals surface area contributed by atoms with E-state index in [-0.39, 0.29) is 30.2 Å². The van der Waals surface area contributed by atoms with E-state index in [0.717, 1.165) is 5.56 Å². The van der Waals surface area contributed by atoms with Gasteiger partial charge in [0.2, 0.25) is 18.1 Å². The number of fused-ring (bicyclic) bond motifs is 1. The molecule has 0 bridgehead atoms. The van der Waals surface area contributed by atoms with E-state index >= 15 is 0 Å². The van der Waals surface area contributed by atoms with Gasteiger partial charge in [-0.1, -0.05) is 30.3 Å². The van der Waals surface area contributed by atoms with Crippen molar-refractivity contribution in [2.75, 3.05) is 6.61 Å². The van der Waals surface area contributed by atoms with Gasteiger partial charge in [-0.15, -0.1) is 11.8 Å². The number of nitrogens with zero attached hydrogens (tertiary/aromatic N) is 1. The standard InChI is InChI=1S/C21H26N2O7S/c1-5-28-20(27)30-12(2)29-19(26)16-21(3,4)31-18-15(17(25)23(16)18)22-14(24)11-13-9-7-6-8-10-13/h6-10,12,15-16,18H,5,11H2,1-4H3,(H,22,24)/t12?,15-,16+,18?/m1/s1. The van der Waals surface area contributed by atoms with Crippen molar-refractivity contribution in [3.8, 4) is 0 Å². The molecule has 2 heterocycles. The van der Waals surface area contributed by atoms with Gasteiger partial charge in [-0.2, -0.15) is 0 Å². The van der Waals surface area contributed by atoms with Gasteiger partial charge >= 0.3 is 12.1 Å². The fourth-order valence-electron chi connectivity index (χ4n) is 3.67. The summed E-state index contributed by atoms with van der Waals surface area (Å²) in [4.78, 5) is 50.7. The molecular formula is C21H26N2O7S. The van der Waals surface area contributed by atoms with Crippen LogP contribution in [-0.4, -0.2) is 63.9 Å². The van der Waals surface area contributed by atoms with Crippen molar-refractivity contribution in [2.45, 2.75) is 62.6 Å². The molecule has 2 unspecified atom stereocenters. The number of carbonyl (C=O) groups excluding carboxylic acids is 4. The molecule has 0 aliphatic carbocycles. The number of β-lactam (4-membered cyclic amide) rings is 1. The summed E-state index contributed by atoms with van der Waals surface area (Å²) < 4.78 is 14.1. The molecule has 1 aromatic carbocycles. The van der Waals surface area contributed by atoms with E-state index in [9.17, 15) is 19.2 Å². The van der Waals surface area contributed by atoms with E-state index in [0.29, 0.717) is 0 Å². The first-order valence-corrected chi connectivity index (χ1v) is 10.9. The smallest absolute Gasteiger partial charge is 0.435 e. The van der Waals surface area contributed by atoms with Crippen molar-refractivity contribution in [1.82, 2.24) is 10.2 Å². The molecule has 2 amide bonds. The molecular weight excluding hydrogens is 424 g/mol. The summed E-state index contributed by atoms with van der Waals surface area (Å²) in [5, 5.41) is 2.40. The predicted molar refractivity (Wildman–Crippen MR) is 112 cm³/mol. The third-order valence-electron chi connectivity index (χ3n) is 4.99. The van der Waals surface area contributed by atoms with Gasteiger partial charge < -0.3 is 24.4 Å². The van der Waals surface area contributed by atoms with E-state index in [1.165, 1.54) is 23.6 Å². The minimum atomic E-state index is -1.16. The average molecular weight is 451 g/mol. The van der Waals surface area contributed by atoms with E-state index in [2.05, 4.69) is 10.1 Å². The molecule has 0 radical (unpaired) electrons. The minimum absolute atomic E-state index is 0.132. The Balaban J connectivity index is 1.60. The molecule has 0 saturated carbocycles. The molecule has 2 aliphatic rings. The molecule has 9 nitrogen and oxygen atoms in total. The molecule has 2 aliphatic heterocycles. The fraction of sp³-hybridized carbons (Fsp3) is 0.524. The van der Waals surface area contributed by atoms with Crippen molar-refractivity contribution in [3.05, 3.63) is 35.9 Å². The quantitative estimate of drug-likeness (QED) is 0.381. The van der Waals surface area contributed by atoms with Crippen LogP contribution >= 0.6 is 11.8 Å². The highest BCUT2D eigenvalue weighted by atomic mass is 32.2. The van der Waals surface area contributed by atoms with Crippen molar-refractivity contribution in [3.63, 3.8) is 0 Å². The molecule has 2 fully saturated rings. The van der Waals surface area contributed by atoms with E-state index in [1.54, 1.807) is 6.92 Å². The lowest BCUT2D eigenvalue weighted by Gasteiger charge is -2.44. The van der Waals surface area contributed by atoms with Crippen LogP contribution < -0.4 is 5.32 Å². The maximum Gasteiger partial charge on any atom is 0.511 e. The Morgan fingerprint density at radius 3 is 2.52 bits per heavy atom. The summed E-state index contributed by atoms with van der Waals surface area (Å²) in [5.74, 6) is -1.28. The Labute approximate surface area is 184 Å². The van der Waals surface area contributed by atoms with Gasteiger partial charge in [0.25, 0.3) is 0 Å². The molecule has 10 heteroatoms. The van der Waals surface area contributed by atoms with Gasteiger partial charge in [0.15, 0.2) is 0 Å². The number of hydrogen-bond donors (Lipinski definition) is 1. The number of esters is 1. The third kappa shape index (κ3) is 4.95. The summed E-state index contributed by atoms with van der Waals surface area (Å²) >= 11 is 1.42. The van der Waals surface area contributed by atoms with Gasteiger partial charge in [0.1, 0.15) is 17.5 Å². The molecule has 1 N–H and O–H groups in total. The summed E-state index contributed by atoms with van der Waals surface area (Å²) in [5.41, 5.74) is 0.847. The van der Waals surface area contributed by atoms with Gasteiger partial charge in [-0.3, -0.25) is 9.59 Å². The monoisotopic (exact) mass is 450 g/mol. The Kier molecular flexibility index (Phi) is 6.78. The maximum atomic E-state index is 12.8. The largest absolute Gasteiger partial charge is 0.511 e. The highest BCUT2D eigenvalue weighted by molar-refractivity contribution is 8.01. The van der Waals surface area contributed by atoms with Crippen LogP contribution in [-0.2, 0) is 35.0 Å². The molecule has 0 spiro atoms. The molecule has 3 rings (SSSR count). The molecule has 4 atom stereocenters. The second-order valence-corrected chi connectivity index (χ2v) is 9.54. The second-order valence-electron chi connectivity index (χ2n) is 7.77. The summed E-state index contributed by atoms with van der Waals surface area (Å²) in [6, 6.07) is 7.66. The number of hydrogen-bond acceptors (Lipinski definition) is 8. The first-order chi connectivity index (χ1) is 14.6. The number of nitrogens with one attached hydrogen (secondary N) is 1. The van der Waals surface area contributed by atoms with Crippen molar-refractivity contribution in [2.24, 2.45) is 0 Å². The zero-order chi connectivity index (χ0) is 22.8. The number of thioether (sulfide) groups is 1. The average Bonchev–Trinajstić information content (AvgIpc) is 2.95. The minimum Gasteiger partial charge on any atom is -0.435 e. The van der Waals surface area contributed by atoms with Crippen LogP contribution in [0.3, 0.4) is 0 Å². The lowest BCUT2D eigenvalue weighted by Crippen LogP contribution is -2.71. The summed E-state index contributed by atoms with van der Waals surface area (Å²) in [6.45, 7) is 6.81. The van der Waals surface area contributed by atoms with Gasteiger partial charge in [-0.25, -0.2) is 9.59 Å². The lowest BCUT2D eigenvalue weighted by atomic mass is 9.96. The van der Waals surface area contributed by atoms with Crippen molar-refractivity contribution < 1.29 is 33.4 Å². The molecule has 1 aromatic rings. The summed E-state index contributed by atoms with van der Waals surface area (Å²) in [7, 11) is 0. The Bertz CT molecular complexity index is 861. The number of rotatable bonds is 7. The zero-order valence-corrected chi connectivity index (χ0v) is 18.6. The van der Waals surface area contributed by atoms with Crippen LogP contribution in [0.15, 0.2) is 30.3 Å². The molecule has 31 heavy (non-hydrogen) atoms. The number of carbonyl (C=O) groups is 4. The highest BCUT2D eigenvalue weighted by Crippen LogP contribution is 2.51.